The van der Waals surface area contributed by atoms with Crippen molar-refractivity contribution in [3.8, 4) is 0 Å². The van der Waals surface area contributed by atoms with Gasteiger partial charge in [0.15, 0.2) is 6.10 Å². The van der Waals surface area contributed by atoms with E-state index in [0.29, 0.717) is 17.4 Å². The number of likely N-dealkylation sites (N-methyl/N-ethyl adjacent to an activating group) is 1. The summed E-state index contributed by atoms with van der Waals surface area (Å²) in [5.74, 6) is -0.847. The molecule has 2 atom stereocenters. The summed E-state index contributed by atoms with van der Waals surface area (Å²) in [6, 6.07) is 0. The molecule has 9 nitrogen and oxygen atoms in total. The number of ether oxygens (including phenoxy) is 2. The first kappa shape index (κ1) is 54.5. The van der Waals surface area contributed by atoms with E-state index < -0.39 is 26.5 Å². The SMILES string of the molecule is CCCCCCCC/C=C\C/C=C\CCCCCCC(=O)O[C@H](COC(=O)CCCCCCCCCCCCCCCCC)COP(=O)([O-])OCC[N+](C)(C)C. The second-order valence-electron chi connectivity index (χ2n) is 16.8. The van der Waals surface area contributed by atoms with Crippen molar-refractivity contribution in [2.24, 2.45) is 0 Å². The van der Waals surface area contributed by atoms with E-state index in [4.69, 9.17) is 18.5 Å². The van der Waals surface area contributed by atoms with Crippen molar-refractivity contribution in [2.75, 3.05) is 47.5 Å². The zero-order chi connectivity index (χ0) is 41.4. The molecule has 0 saturated carbocycles. The van der Waals surface area contributed by atoms with Crippen LogP contribution in [0.2, 0.25) is 0 Å². The van der Waals surface area contributed by atoms with Gasteiger partial charge in [0, 0.05) is 12.8 Å². The molecule has 330 valence electrons. The van der Waals surface area contributed by atoms with E-state index >= 15 is 0 Å². The Morgan fingerprint density at radius 2 is 0.964 bits per heavy atom. The van der Waals surface area contributed by atoms with Crippen LogP contribution in [0, 0.1) is 0 Å². The highest BCUT2D eigenvalue weighted by Crippen LogP contribution is 2.38. The van der Waals surface area contributed by atoms with Gasteiger partial charge >= 0.3 is 11.9 Å². The van der Waals surface area contributed by atoms with Gasteiger partial charge in [-0.1, -0.05) is 173 Å². The van der Waals surface area contributed by atoms with Crippen molar-refractivity contribution in [3.63, 3.8) is 0 Å². The number of allylic oxidation sites excluding steroid dienone is 4. The lowest BCUT2D eigenvalue weighted by atomic mass is 10.0. The number of nitrogens with zero attached hydrogens (tertiary/aromatic N) is 1. The number of phosphoric ester groups is 1. The Balaban J connectivity index is 4.35. The smallest absolute Gasteiger partial charge is 0.306 e. The molecule has 0 heterocycles. The molecule has 0 fully saturated rings. The van der Waals surface area contributed by atoms with Crippen molar-refractivity contribution in [3.05, 3.63) is 24.3 Å². The second kappa shape index (κ2) is 39.0. The topological polar surface area (TPSA) is 111 Å². The molecular formula is C46H88NO8P. The predicted molar refractivity (Wildman–Crippen MR) is 231 cm³/mol. The third-order valence-corrected chi connectivity index (χ3v) is 10.9. The fourth-order valence-electron chi connectivity index (χ4n) is 6.33. The zero-order valence-corrected chi connectivity index (χ0v) is 38.0. The van der Waals surface area contributed by atoms with Crippen LogP contribution in [0.5, 0.6) is 0 Å². The normalized spacial score (nSPS) is 13.8. The maximum absolute atomic E-state index is 12.7. The average molecular weight is 814 g/mol. The fourth-order valence-corrected chi connectivity index (χ4v) is 7.06. The van der Waals surface area contributed by atoms with Gasteiger partial charge in [0.2, 0.25) is 0 Å². The van der Waals surface area contributed by atoms with Crippen LogP contribution in [0.25, 0.3) is 0 Å². The Morgan fingerprint density at radius 1 is 0.554 bits per heavy atom. The monoisotopic (exact) mass is 814 g/mol. The molecule has 0 aromatic rings. The summed E-state index contributed by atoms with van der Waals surface area (Å²) in [5.41, 5.74) is 0. The summed E-state index contributed by atoms with van der Waals surface area (Å²) >= 11 is 0. The summed E-state index contributed by atoms with van der Waals surface area (Å²) in [4.78, 5) is 37.6. The lowest BCUT2D eigenvalue weighted by molar-refractivity contribution is -0.870. The second-order valence-corrected chi connectivity index (χ2v) is 18.2. The maximum Gasteiger partial charge on any atom is 0.306 e. The predicted octanol–water partition coefficient (Wildman–Crippen LogP) is 12.5. The quantitative estimate of drug-likeness (QED) is 0.0197. The summed E-state index contributed by atoms with van der Waals surface area (Å²) in [6.07, 6.45) is 42.0. The van der Waals surface area contributed by atoms with Crippen LogP contribution in [-0.4, -0.2) is 70.0 Å². The van der Waals surface area contributed by atoms with E-state index in [-0.39, 0.29) is 32.0 Å². The molecule has 0 radical (unpaired) electrons. The van der Waals surface area contributed by atoms with E-state index in [1.807, 2.05) is 21.1 Å². The summed E-state index contributed by atoms with van der Waals surface area (Å²) in [5, 5.41) is 0. The molecule has 1 unspecified atom stereocenters. The molecule has 0 aliphatic rings. The van der Waals surface area contributed by atoms with Gasteiger partial charge in [0.05, 0.1) is 27.7 Å². The minimum absolute atomic E-state index is 0.0326. The van der Waals surface area contributed by atoms with Crippen LogP contribution in [0.4, 0.5) is 0 Å². The van der Waals surface area contributed by atoms with Crippen LogP contribution in [0.3, 0.4) is 0 Å². The average Bonchev–Trinajstić information content (AvgIpc) is 3.15. The third kappa shape index (κ3) is 42.1. The van der Waals surface area contributed by atoms with Gasteiger partial charge in [-0.25, -0.2) is 0 Å². The van der Waals surface area contributed by atoms with Crippen LogP contribution in [0.1, 0.15) is 206 Å². The van der Waals surface area contributed by atoms with Gasteiger partial charge in [-0.3, -0.25) is 14.2 Å². The zero-order valence-electron chi connectivity index (χ0n) is 37.1. The van der Waals surface area contributed by atoms with Crippen molar-refractivity contribution in [1.29, 1.82) is 0 Å². The first-order valence-electron chi connectivity index (χ1n) is 23.0. The highest BCUT2D eigenvalue weighted by atomic mass is 31.2. The molecule has 0 N–H and O–H groups in total. The summed E-state index contributed by atoms with van der Waals surface area (Å²) in [7, 11) is 1.16. The van der Waals surface area contributed by atoms with Crippen LogP contribution >= 0.6 is 7.82 Å². The van der Waals surface area contributed by atoms with Crippen molar-refractivity contribution >= 4 is 19.8 Å². The number of carbonyl (C=O) groups is 2. The largest absolute Gasteiger partial charge is 0.756 e. The molecule has 0 amide bonds. The van der Waals surface area contributed by atoms with E-state index in [0.717, 1.165) is 51.4 Å². The summed E-state index contributed by atoms with van der Waals surface area (Å²) in [6.45, 7) is 4.22. The van der Waals surface area contributed by atoms with Crippen LogP contribution < -0.4 is 4.89 Å². The molecule has 10 heteroatoms. The number of quaternary nitrogens is 1. The summed E-state index contributed by atoms with van der Waals surface area (Å²) < 4.78 is 33.9. The number of hydrogen-bond donors (Lipinski definition) is 0. The number of phosphoric acid groups is 1. The van der Waals surface area contributed by atoms with Gasteiger partial charge in [0.1, 0.15) is 19.8 Å². The van der Waals surface area contributed by atoms with E-state index in [1.54, 1.807) is 0 Å². The van der Waals surface area contributed by atoms with Crippen molar-refractivity contribution < 1.29 is 42.1 Å². The number of rotatable bonds is 42. The molecular weight excluding hydrogens is 725 g/mol. The minimum Gasteiger partial charge on any atom is -0.756 e. The Labute approximate surface area is 345 Å². The first-order chi connectivity index (χ1) is 27.0. The van der Waals surface area contributed by atoms with E-state index in [1.165, 1.54) is 122 Å². The molecule has 0 bridgehead atoms. The lowest BCUT2D eigenvalue weighted by Gasteiger charge is -2.28. The van der Waals surface area contributed by atoms with Gasteiger partial charge in [-0.2, -0.15) is 0 Å². The number of unbranched alkanes of at least 4 members (excludes halogenated alkanes) is 24. The molecule has 0 aromatic heterocycles. The van der Waals surface area contributed by atoms with Crippen molar-refractivity contribution in [2.45, 2.75) is 213 Å². The minimum atomic E-state index is -4.63. The highest BCUT2D eigenvalue weighted by Gasteiger charge is 2.21. The fraction of sp³-hybridized carbons (Fsp3) is 0.870. The van der Waals surface area contributed by atoms with E-state index in [2.05, 4.69) is 38.2 Å². The number of esters is 2. The Bertz CT molecular complexity index is 1010. The molecule has 0 spiro atoms. The van der Waals surface area contributed by atoms with Gasteiger partial charge in [-0.05, 0) is 44.9 Å². The lowest BCUT2D eigenvalue weighted by Crippen LogP contribution is -2.37. The molecule has 0 saturated heterocycles. The molecule has 0 aliphatic heterocycles. The van der Waals surface area contributed by atoms with Crippen molar-refractivity contribution in [1.82, 2.24) is 0 Å². The standard InChI is InChI=1S/C46H88NO8P/c1-6-8-10-12-14-16-18-20-22-23-25-27-29-31-33-35-37-39-46(49)55-44(43-54-56(50,51)53-41-40-47(3,4)5)42-52-45(48)38-36-34-32-30-28-26-24-21-19-17-15-13-11-9-7-2/h20,22,25,27,44H,6-19,21,23-24,26,28-43H2,1-5H3/b22-20-,27-25-/t44-/m1/s1. The number of carbonyl (C=O) groups excluding carboxylic acids is 2. The van der Waals surface area contributed by atoms with E-state index in [9.17, 15) is 19.0 Å². The van der Waals surface area contributed by atoms with Gasteiger partial charge in [-0.15, -0.1) is 0 Å². The molecule has 56 heavy (non-hydrogen) atoms. The van der Waals surface area contributed by atoms with Crippen LogP contribution in [0.15, 0.2) is 24.3 Å². The first-order valence-corrected chi connectivity index (χ1v) is 24.5. The van der Waals surface area contributed by atoms with Gasteiger partial charge in [0.25, 0.3) is 7.82 Å². The molecule has 0 aliphatic carbocycles. The highest BCUT2D eigenvalue weighted by molar-refractivity contribution is 7.45. The molecule has 0 aromatic carbocycles. The third-order valence-electron chi connectivity index (χ3n) is 9.97. The Morgan fingerprint density at radius 3 is 1.41 bits per heavy atom. The Hall–Kier alpha value is -1.51. The van der Waals surface area contributed by atoms with Gasteiger partial charge < -0.3 is 27.9 Å². The molecule has 0 rings (SSSR count). The number of hydrogen-bond acceptors (Lipinski definition) is 8. The Kier molecular flexibility index (Phi) is 37.9. The maximum atomic E-state index is 12.7. The van der Waals surface area contributed by atoms with Crippen LogP contribution in [-0.2, 0) is 32.7 Å².